The number of imide groups is 1. The van der Waals surface area contributed by atoms with Crippen LogP contribution in [0.25, 0.3) is 32.8 Å². The monoisotopic (exact) mass is 1060 g/mol. The van der Waals surface area contributed by atoms with Crippen LogP contribution in [0.2, 0.25) is 10.0 Å². The predicted octanol–water partition coefficient (Wildman–Crippen LogP) is 9.48. The average molecular weight is 1060 g/mol. The number of urea groups is 1. The Morgan fingerprint density at radius 3 is 2.47 bits per heavy atom. The second-order valence-corrected chi connectivity index (χ2v) is 21.2. The maximum atomic E-state index is 17.1. The number of piperidine rings is 1. The highest BCUT2D eigenvalue weighted by Gasteiger charge is 2.39. The molecule has 1 aromatic heterocycles. The number of aromatic hydroxyl groups is 1. The number of hydrogen-bond donors (Lipinski definition) is 5. The van der Waals surface area contributed by atoms with Crippen LogP contribution >= 0.6 is 23.2 Å². The minimum atomic E-state index is -0.713. The van der Waals surface area contributed by atoms with Gasteiger partial charge in [0.15, 0.2) is 5.82 Å². The van der Waals surface area contributed by atoms with Gasteiger partial charge in [0.1, 0.15) is 23.1 Å². The molecule has 19 heteroatoms. The number of benzene rings is 5. The Kier molecular flexibility index (Phi) is 15.0. The maximum absolute atomic E-state index is 17.1. The van der Waals surface area contributed by atoms with E-state index in [0.29, 0.717) is 90.6 Å². The molecule has 5 N–H and O–H groups in total. The van der Waals surface area contributed by atoms with Crippen LogP contribution < -0.4 is 26.2 Å². The molecule has 5 aromatic carbocycles. The molecule has 6 amide bonds. The van der Waals surface area contributed by atoms with Crippen molar-refractivity contribution < 1.29 is 38.2 Å². The summed E-state index contributed by atoms with van der Waals surface area (Å²) in [7, 11) is 0. The number of amides is 6. The Morgan fingerprint density at radius 2 is 1.71 bits per heavy atom. The predicted molar refractivity (Wildman–Crippen MR) is 289 cm³/mol. The summed E-state index contributed by atoms with van der Waals surface area (Å²) in [6.45, 7) is 14.6. The SMILES string of the molecule is C=CC(=O)N1CCN(c2nc(NCCC(C)(C)OCCC(C)(C)c3cc(Cl)cc(NC(=O)NCc4ccc5c(c4)CN(C4CCC(=O)NC4=O)C5=O)c3)nc3c(F)c(-c4cc(O)cc5ccccc45)c(Cl)cc23)CC1. The first-order valence-corrected chi connectivity index (χ1v) is 25.6. The molecule has 0 spiro atoms. The lowest BCUT2D eigenvalue weighted by atomic mass is 9.81. The Balaban J connectivity index is 0.826. The number of piperazine rings is 1. The molecular weight excluding hydrogens is 1000 g/mol. The highest BCUT2D eigenvalue weighted by molar-refractivity contribution is 6.35. The number of rotatable bonds is 16. The summed E-state index contributed by atoms with van der Waals surface area (Å²) in [5.74, 6) is -1.27. The Hall–Kier alpha value is -7.34. The lowest BCUT2D eigenvalue weighted by Gasteiger charge is -2.35. The molecule has 0 aliphatic carbocycles. The lowest BCUT2D eigenvalue weighted by molar-refractivity contribution is -0.137. The molecule has 3 aliphatic heterocycles. The zero-order chi connectivity index (χ0) is 53.3. The van der Waals surface area contributed by atoms with Crippen molar-refractivity contribution in [3.8, 4) is 16.9 Å². The van der Waals surface area contributed by atoms with E-state index in [9.17, 15) is 29.1 Å². The van der Waals surface area contributed by atoms with Crippen molar-refractivity contribution >= 4 is 92.0 Å². The highest BCUT2D eigenvalue weighted by Crippen LogP contribution is 2.43. The number of fused-ring (bicyclic) bond motifs is 3. The van der Waals surface area contributed by atoms with Crippen LogP contribution in [0.3, 0.4) is 0 Å². The van der Waals surface area contributed by atoms with Gasteiger partial charge in [0.25, 0.3) is 5.91 Å². The van der Waals surface area contributed by atoms with E-state index in [1.54, 1.807) is 35.2 Å². The van der Waals surface area contributed by atoms with Crippen LogP contribution in [0.4, 0.5) is 26.6 Å². The van der Waals surface area contributed by atoms with E-state index in [1.165, 1.54) is 17.0 Å². The molecule has 75 heavy (non-hydrogen) atoms. The molecule has 0 radical (unpaired) electrons. The second kappa shape index (κ2) is 21.5. The van der Waals surface area contributed by atoms with Crippen molar-refractivity contribution in [1.29, 1.82) is 0 Å². The van der Waals surface area contributed by atoms with E-state index in [1.807, 2.05) is 61.2 Å². The van der Waals surface area contributed by atoms with Gasteiger partial charge in [0.2, 0.25) is 23.7 Å². The van der Waals surface area contributed by atoms with E-state index in [-0.39, 0.29) is 71.5 Å². The summed E-state index contributed by atoms with van der Waals surface area (Å²) >= 11 is 13.5. The maximum Gasteiger partial charge on any atom is 0.319 e. The van der Waals surface area contributed by atoms with Crippen LogP contribution in [-0.4, -0.2) is 106 Å². The van der Waals surface area contributed by atoms with Gasteiger partial charge in [-0.15, -0.1) is 0 Å². The van der Waals surface area contributed by atoms with Crippen molar-refractivity contribution in [2.45, 2.75) is 83.5 Å². The van der Waals surface area contributed by atoms with Gasteiger partial charge in [0, 0.05) is 86.1 Å². The normalized spacial score (nSPS) is 16.1. The number of halogens is 3. The molecular formula is C56H58Cl2FN9O7. The van der Waals surface area contributed by atoms with Gasteiger partial charge in [-0.2, -0.15) is 4.98 Å². The van der Waals surface area contributed by atoms with Crippen LogP contribution in [0.5, 0.6) is 5.75 Å². The summed E-state index contributed by atoms with van der Waals surface area (Å²) in [5.41, 5.74) is 2.94. The fourth-order valence-electron chi connectivity index (χ4n) is 9.94. The number of hydrogen-bond acceptors (Lipinski definition) is 11. The fourth-order valence-corrected chi connectivity index (χ4v) is 10.5. The quantitative estimate of drug-likeness (QED) is 0.0457. The van der Waals surface area contributed by atoms with Crippen molar-refractivity contribution in [2.75, 3.05) is 54.9 Å². The summed E-state index contributed by atoms with van der Waals surface area (Å²) in [6.07, 6.45) is 2.87. The molecule has 2 fully saturated rings. The van der Waals surface area contributed by atoms with Crippen LogP contribution in [0.15, 0.2) is 91.5 Å². The molecule has 6 aromatic rings. The minimum absolute atomic E-state index is 0.0324. The molecule has 3 aliphatic rings. The average Bonchev–Trinajstić information content (AvgIpc) is 3.69. The topological polar surface area (TPSA) is 198 Å². The number of phenols is 1. The minimum Gasteiger partial charge on any atom is -0.508 e. The number of ether oxygens (including phenoxy) is 1. The largest absolute Gasteiger partial charge is 0.508 e. The Labute approximate surface area is 443 Å². The number of carbonyl (C=O) groups is 5. The number of anilines is 3. The molecule has 0 bridgehead atoms. The number of nitrogens with one attached hydrogen (secondary N) is 4. The molecule has 16 nitrogen and oxygen atoms in total. The van der Waals surface area contributed by atoms with E-state index < -0.39 is 34.8 Å². The molecule has 1 atom stereocenters. The van der Waals surface area contributed by atoms with Gasteiger partial charge in [-0.3, -0.25) is 24.5 Å². The zero-order valence-electron chi connectivity index (χ0n) is 42.1. The van der Waals surface area contributed by atoms with E-state index in [0.717, 1.165) is 22.1 Å². The summed E-state index contributed by atoms with van der Waals surface area (Å²) in [6, 6.07) is 21.7. The van der Waals surface area contributed by atoms with Gasteiger partial charge < -0.3 is 40.5 Å². The Bertz CT molecular complexity index is 3290. The van der Waals surface area contributed by atoms with Crippen LogP contribution in [0.1, 0.15) is 80.4 Å². The number of aromatic nitrogens is 2. The van der Waals surface area contributed by atoms with Gasteiger partial charge in [-0.05, 0) is 120 Å². The van der Waals surface area contributed by atoms with Gasteiger partial charge in [-0.25, -0.2) is 14.2 Å². The summed E-state index contributed by atoms with van der Waals surface area (Å²) in [5, 5.41) is 24.5. The molecule has 0 saturated carbocycles. The van der Waals surface area contributed by atoms with Gasteiger partial charge in [0.05, 0.1) is 10.6 Å². The van der Waals surface area contributed by atoms with Crippen LogP contribution in [0, 0.1) is 5.82 Å². The zero-order valence-corrected chi connectivity index (χ0v) is 43.6. The molecule has 2 saturated heterocycles. The standard InChI is InChI=1S/C56H58Cl2FN9O7/c1-6-46(71)66-18-20-67(21-19-66)50-42-29-43(58)47(41-28-38(69)24-33-9-7-8-10-39(33)41)48(59)49(42)64-53(65-50)60-17-15-56(4,5)75-22-16-55(2,3)35-25-36(57)27-37(26-35)62-54(74)61-30-32-11-12-40-34(23-32)31-68(52(40)73)44-13-14-45(70)63-51(44)72/h6-12,23-29,44,69H,1,13-22,30-31H2,2-5H3,(H,60,64,65)(H2,61,62,74)(H,63,70,72). The highest BCUT2D eigenvalue weighted by atomic mass is 35.5. The third kappa shape index (κ3) is 11.5. The van der Waals surface area contributed by atoms with Crippen LogP contribution in [-0.2, 0) is 37.6 Å². The van der Waals surface area contributed by atoms with E-state index >= 15 is 4.39 Å². The van der Waals surface area contributed by atoms with Crippen molar-refractivity contribution in [3.05, 3.63) is 130 Å². The number of carbonyl (C=O) groups excluding carboxylic acids is 5. The van der Waals surface area contributed by atoms with Gasteiger partial charge in [-0.1, -0.05) is 80.0 Å². The Morgan fingerprint density at radius 1 is 0.933 bits per heavy atom. The number of nitrogens with zero attached hydrogens (tertiary/aromatic N) is 5. The first-order valence-electron chi connectivity index (χ1n) is 24.9. The van der Waals surface area contributed by atoms with Crippen molar-refractivity contribution in [3.63, 3.8) is 0 Å². The summed E-state index contributed by atoms with van der Waals surface area (Å²) in [4.78, 5) is 77.7. The smallest absolute Gasteiger partial charge is 0.319 e. The van der Waals surface area contributed by atoms with E-state index in [4.69, 9.17) is 37.9 Å². The first kappa shape index (κ1) is 52.5. The molecule has 9 rings (SSSR count). The fraction of sp³-hybridized carbons (Fsp3) is 0.339. The number of phenolic OH excluding ortho intramolecular Hbond substituents is 1. The van der Waals surface area contributed by atoms with Crippen molar-refractivity contribution in [1.82, 2.24) is 30.4 Å². The lowest BCUT2D eigenvalue weighted by Crippen LogP contribution is -2.52. The molecule has 1 unspecified atom stereocenters. The first-order chi connectivity index (χ1) is 35.8. The molecule has 390 valence electrons. The van der Waals surface area contributed by atoms with E-state index in [2.05, 4.69) is 41.7 Å². The molecule has 4 heterocycles. The summed E-state index contributed by atoms with van der Waals surface area (Å²) < 4.78 is 23.6. The second-order valence-electron chi connectivity index (χ2n) is 20.4. The van der Waals surface area contributed by atoms with Gasteiger partial charge >= 0.3 is 6.03 Å². The van der Waals surface area contributed by atoms with Crippen molar-refractivity contribution in [2.24, 2.45) is 0 Å². The third-order valence-electron chi connectivity index (χ3n) is 14.3. The third-order valence-corrected chi connectivity index (χ3v) is 14.8.